The molecular weight excluding hydrogens is 326 g/mol. The van der Waals surface area contributed by atoms with Gasteiger partial charge in [-0.1, -0.05) is 13.0 Å². The Morgan fingerprint density at radius 3 is 2.76 bits per heavy atom. The van der Waals surface area contributed by atoms with E-state index in [2.05, 4.69) is 15.2 Å². The number of hydrogen-bond donors (Lipinski definition) is 1. The van der Waals surface area contributed by atoms with Crippen LogP contribution in [-0.2, 0) is 6.42 Å². The summed E-state index contributed by atoms with van der Waals surface area (Å²) < 4.78 is 33.1. The van der Waals surface area contributed by atoms with E-state index in [1.165, 1.54) is 12.1 Å². The molecule has 1 aliphatic rings. The van der Waals surface area contributed by atoms with E-state index in [9.17, 15) is 14.0 Å². The van der Waals surface area contributed by atoms with Gasteiger partial charge in [0.2, 0.25) is 11.6 Å². The minimum atomic E-state index is -0.594. The molecule has 1 N–H and O–H groups in total. The van der Waals surface area contributed by atoms with Crippen LogP contribution in [0.1, 0.15) is 43.0 Å². The van der Waals surface area contributed by atoms with E-state index in [0.29, 0.717) is 30.3 Å². The molecule has 2 aromatic rings. The van der Waals surface area contributed by atoms with Crippen LogP contribution in [0.4, 0.5) is 14.7 Å². The van der Waals surface area contributed by atoms with Crippen molar-refractivity contribution in [3.8, 4) is 6.07 Å². The maximum atomic E-state index is 14.3. The summed E-state index contributed by atoms with van der Waals surface area (Å²) in [6.45, 7) is 3.93. The van der Waals surface area contributed by atoms with E-state index in [1.54, 1.807) is 0 Å². The monoisotopic (exact) mass is 346 g/mol. The number of nitrogens with one attached hydrogen (secondary N) is 1. The summed E-state index contributed by atoms with van der Waals surface area (Å²) in [4.78, 5) is 6.26. The molecule has 1 saturated heterocycles. The summed E-state index contributed by atoms with van der Waals surface area (Å²) in [7, 11) is 0. The average molecular weight is 346 g/mol. The van der Waals surface area contributed by atoms with Crippen LogP contribution in [0.3, 0.4) is 0 Å². The highest BCUT2D eigenvalue weighted by Crippen LogP contribution is 2.28. The number of aromatic nitrogens is 1. The topological polar surface area (TPSA) is 65.1 Å². The molecular formula is C18H20F2N4O. The largest absolute Gasteiger partial charge is 0.424 e. The van der Waals surface area contributed by atoms with Gasteiger partial charge in [-0.2, -0.15) is 5.26 Å². The zero-order chi connectivity index (χ0) is 17.8. The van der Waals surface area contributed by atoms with Gasteiger partial charge in [0, 0.05) is 24.6 Å². The van der Waals surface area contributed by atoms with Crippen LogP contribution >= 0.6 is 0 Å². The Morgan fingerprint density at radius 1 is 1.36 bits per heavy atom. The molecule has 2 heterocycles. The van der Waals surface area contributed by atoms with Crippen molar-refractivity contribution in [1.82, 2.24) is 9.88 Å². The third-order valence-corrected chi connectivity index (χ3v) is 4.44. The average Bonchev–Trinajstić information content (AvgIpc) is 3.26. The lowest BCUT2D eigenvalue weighted by Crippen LogP contribution is -2.31. The smallest absolute Gasteiger partial charge is 0.232 e. The fourth-order valence-electron chi connectivity index (χ4n) is 3.16. The Morgan fingerprint density at radius 2 is 2.12 bits per heavy atom. The van der Waals surface area contributed by atoms with Crippen LogP contribution in [0.2, 0.25) is 0 Å². The van der Waals surface area contributed by atoms with E-state index in [0.717, 1.165) is 32.0 Å². The first-order valence-electron chi connectivity index (χ1n) is 8.45. The second kappa shape index (κ2) is 7.62. The first kappa shape index (κ1) is 17.4. The highest BCUT2D eigenvalue weighted by molar-refractivity contribution is 5.45. The SMILES string of the molecule is CCc1nc(C#N)c(NC[C@H](c2ccc(F)cc2F)N2CCCC2)o1. The van der Waals surface area contributed by atoms with Crippen molar-refractivity contribution < 1.29 is 13.2 Å². The first-order chi connectivity index (χ1) is 12.1. The maximum Gasteiger partial charge on any atom is 0.232 e. The number of nitrogens with zero attached hydrogens (tertiary/aromatic N) is 3. The van der Waals surface area contributed by atoms with Gasteiger partial charge in [-0.05, 0) is 32.0 Å². The van der Waals surface area contributed by atoms with Crippen molar-refractivity contribution >= 4 is 5.88 Å². The lowest BCUT2D eigenvalue weighted by molar-refractivity contribution is 0.249. The van der Waals surface area contributed by atoms with Crippen molar-refractivity contribution in [2.45, 2.75) is 32.2 Å². The molecule has 0 aliphatic carbocycles. The minimum absolute atomic E-state index is 0.191. The van der Waals surface area contributed by atoms with Gasteiger partial charge in [-0.3, -0.25) is 4.90 Å². The van der Waals surface area contributed by atoms with E-state index in [4.69, 9.17) is 4.42 Å². The molecule has 3 rings (SSSR count). The predicted molar refractivity (Wildman–Crippen MR) is 89.0 cm³/mol. The van der Waals surface area contributed by atoms with Gasteiger partial charge < -0.3 is 9.73 Å². The third kappa shape index (κ3) is 3.80. The first-order valence-corrected chi connectivity index (χ1v) is 8.45. The fourth-order valence-corrected chi connectivity index (χ4v) is 3.16. The maximum absolute atomic E-state index is 14.3. The van der Waals surface area contributed by atoms with Gasteiger partial charge in [0.25, 0.3) is 0 Å². The standard InChI is InChI=1S/C18H20F2N4O/c1-2-17-23-15(10-21)18(25-17)22-11-16(24-7-3-4-8-24)13-6-5-12(19)9-14(13)20/h5-6,9,16,22H,2-4,7-8,11H2,1H3/t16-/m1/s1. The second-order valence-corrected chi connectivity index (χ2v) is 6.06. The van der Waals surface area contributed by atoms with Crippen LogP contribution in [0.25, 0.3) is 0 Å². The van der Waals surface area contributed by atoms with Crippen molar-refractivity contribution in [3.05, 3.63) is 47.0 Å². The second-order valence-electron chi connectivity index (χ2n) is 6.06. The van der Waals surface area contributed by atoms with Crippen LogP contribution in [-0.4, -0.2) is 29.5 Å². The number of aryl methyl sites for hydroxylation is 1. The molecule has 1 aliphatic heterocycles. The van der Waals surface area contributed by atoms with Gasteiger partial charge >= 0.3 is 0 Å². The molecule has 0 bridgehead atoms. The fraction of sp³-hybridized carbons (Fsp3) is 0.444. The van der Waals surface area contributed by atoms with Gasteiger partial charge in [0.1, 0.15) is 17.7 Å². The third-order valence-electron chi connectivity index (χ3n) is 4.44. The molecule has 1 atom stereocenters. The summed E-state index contributed by atoms with van der Waals surface area (Å²) >= 11 is 0. The molecule has 0 unspecified atom stereocenters. The summed E-state index contributed by atoms with van der Waals surface area (Å²) in [6.07, 6.45) is 2.68. The molecule has 1 fully saturated rings. The molecule has 0 saturated carbocycles. The zero-order valence-corrected chi connectivity index (χ0v) is 14.1. The lowest BCUT2D eigenvalue weighted by Gasteiger charge is -2.28. The highest BCUT2D eigenvalue weighted by atomic mass is 19.1. The van der Waals surface area contributed by atoms with Gasteiger partial charge in [0.15, 0.2) is 5.89 Å². The van der Waals surface area contributed by atoms with Crippen LogP contribution in [0.15, 0.2) is 22.6 Å². The molecule has 7 heteroatoms. The summed E-state index contributed by atoms with van der Waals surface area (Å²) in [5.41, 5.74) is 0.626. The molecule has 132 valence electrons. The Balaban J connectivity index is 1.83. The number of nitriles is 1. The molecule has 1 aromatic carbocycles. The molecule has 0 radical (unpaired) electrons. The van der Waals surface area contributed by atoms with E-state index < -0.39 is 11.6 Å². The minimum Gasteiger partial charge on any atom is -0.424 e. The summed E-state index contributed by atoms with van der Waals surface area (Å²) in [6, 6.07) is 5.38. The number of benzene rings is 1. The normalized spacial score (nSPS) is 15.9. The van der Waals surface area contributed by atoms with Crippen molar-refractivity contribution in [2.24, 2.45) is 0 Å². The Bertz CT molecular complexity index is 778. The van der Waals surface area contributed by atoms with Gasteiger partial charge in [0.05, 0.1) is 6.04 Å². The van der Waals surface area contributed by atoms with E-state index in [-0.39, 0.29) is 11.7 Å². The van der Waals surface area contributed by atoms with E-state index in [1.807, 2.05) is 13.0 Å². The number of likely N-dealkylation sites (tertiary alicyclic amines) is 1. The Labute approximate surface area is 145 Å². The van der Waals surface area contributed by atoms with Crippen LogP contribution in [0, 0.1) is 23.0 Å². The van der Waals surface area contributed by atoms with Gasteiger partial charge in [-0.15, -0.1) is 0 Å². The number of anilines is 1. The molecule has 0 spiro atoms. The van der Waals surface area contributed by atoms with E-state index >= 15 is 0 Å². The van der Waals surface area contributed by atoms with Crippen LogP contribution < -0.4 is 5.32 Å². The van der Waals surface area contributed by atoms with Crippen molar-refractivity contribution in [1.29, 1.82) is 5.26 Å². The molecule has 25 heavy (non-hydrogen) atoms. The number of halogens is 2. The number of rotatable bonds is 6. The van der Waals surface area contributed by atoms with Crippen molar-refractivity contribution in [3.63, 3.8) is 0 Å². The lowest BCUT2D eigenvalue weighted by atomic mass is 10.0. The summed E-state index contributed by atoms with van der Waals surface area (Å²) in [5, 5.41) is 12.3. The molecule has 5 nitrogen and oxygen atoms in total. The molecule has 0 amide bonds. The van der Waals surface area contributed by atoms with Crippen molar-refractivity contribution in [2.75, 3.05) is 25.0 Å². The number of oxazole rings is 1. The van der Waals surface area contributed by atoms with Gasteiger partial charge in [-0.25, -0.2) is 13.8 Å². The zero-order valence-electron chi connectivity index (χ0n) is 14.1. The predicted octanol–water partition coefficient (Wildman–Crippen LogP) is 3.64. The Hall–Kier alpha value is -2.46. The Kier molecular flexibility index (Phi) is 5.29. The quantitative estimate of drug-likeness (QED) is 0.865. The van der Waals surface area contributed by atoms with Crippen LogP contribution in [0.5, 0.6) is 0 Å². The summed E-state index contributed by atoms with van der Waals surface area (Å²) in [5.74, 6) is -0.384. The number of hydrogen-bond acceptors (Lipinski definition) is 5. The highest BCUT2D eigenvalue weighted by Gasteiger charge is 2.26. The molecule has 1 aromatic heterocycles.